The Labute approximate surface area is 112 Å². The number of nitrogens with one attached hydrogen (secondary N) is 1. The van der Waals surface area contributed by atoms with Crippen molar-refractivity contribution in [2.75, 3.05) is 27.2 Å². The standard InChI is InChI=1S/C14H18N4O/c1-17(2)11-9-15-14(19)12-4-6-13(7-5-12)18-10-3-8-16-18/h3-8,10H,9,11H2,1-2H3,(H,15,19). The molecule has 2 rings (SSSR count). The van der Waals surface area contributed by atoms with Gasteiger partial charge in [0.05, 0.1) is 5.69 Å². The highest BCUT2D eigenvalue weighted by Gasteiger charge is 2.05. The van der Waals surface area contributed by atoms with Crippen molar-refractivity contribution in [2.45, 2.75) is 0 Å². The molecule has 0 unspecified atom stereocenters. The summed E-state index contributed by atoms with van der Waals surface area (Å²) < 4.78 is 1.76. The summed E-state index contributed by atoms with van der Waals surface area (Å²) in [6.45, 7) is 1.48. The number of carbonyl (C=O) groups excluding carboxylic acids is 1. The predicted octanol–water partition coefficient (Wildman–Crippen LogP) is 1.16. The molecule has 0 spiro atoms. The molecular weight excluding hydrogens is 240 g/mol. The Balaban J connectivity index is 1.96. The molecule has 0 atom stereocenters. The Morgan fingerprint density at radius 3 is 2.63 bits per heavy atom. The molecule has 1 heterocycles. The van der Waals surface area contributed by atoms with Crippen LogP contribution in [0, 0.1) is 0 Å². The number of carbonyl (C=O) groups is 1. The molecule has 0 saturated heterocycles. The van der Waals surface area contributed by atoms with Gasteiger partial charge in [0.1, 0.15) is 0 Å². The van der Waals surface area contributed by atoms with Crippen LogP contribution in [0.4, 0.5) is 0 Å². The predicted molar refractivity (Wildman–Crippen MR) is 74.5 cm³/mol. The third kappa shape index (κ3) is 3.66. The van der Waals surface area contributed by atoms with Crippen LogP contribution in [0.3, 0.4) is 0 Å². The fraction of sp³-hybridized carbons (Fsp3) is 0.286. The number of hydrogen-bond acceptors (Lipinski definition) is 3. The van der Waals surface area contributed by atoms with Crippen LogP contribution in [0.2, 0.25) is 0 Å². The molecule has 19 heavy (non-hydrogen) atoms. The first-order valence-corrected chi connectivity index (χ1v) is 6.20. The molecule has 0 saturated carbocycles. The van der Waals surface area contributed by atoms with Crippen molar-refractivity contribution in [1.29, 1.82) is 0 Å². The van der Waals surface area contributed by atoms with Crippen LogP contribution in [0.1, 0.15) is 10.4 Å². The number of amides is 1. The molecule has 5 nitrogen and oxygen atoms in total. The quantitative estimate of drug-likeness (QED) is 0.875. The van der Waals surface area contributed by atoms with Crippen molar-refractivity contribution in [3.05, 3.63) is 48.3 Å². The summed E-state index contributed by atoms with van der Waals surface area (Å²) in [7, 11) is 3.95. The molecule has 1 aromatic carbocycles. The van der Waals surface area contributed by atoms with Crippen molar-refractivity contribution in [3.63, 3.8) is 0 Å². The second-order valence-corrected chi connectivity index (χ2v) is 4.56. The number of rotatable bonds is 5. The second-order valence-electron chi connectivity index (χ2n) is 4.56. The Kier molecular flexibility index (Phi) is 4.30. The molecule has 2 aromatic rings. The Morgan fingerprint density at radius 1 is 1.32 bits per heavy atom. The minimum atomic E-state index is -0.0473. The van der Waals surface area contributed by atoms with Gasteiger partial charge in [-0.25, -0.2) is 4.68 Å². The van der Waals surface area contributed by atoms with E-state index in [1.807, 2.05) is 55.5 Å². The number of likely N-dealkylation sites (N-methyl/N-ethyl adjacent to an activating group) is 1. The van der Waals surface area contributed by atoms with Gasteiger partial charge < -0.3 is 10.2 Å². The lowest BCUT2D eigenvalue weighted by Gasteiger charge is -2.10. The summed E-state index contributed by atoms with van der Waals surface area (Å²) in [6.07, 6.45) is 3.59. The van der Waals surface area contributed by atoms with Gasteiger partial charge in [0.2, 0.25) is 0 Å². The summed E-state index contributed by atoms with van der Waals surface area (Å²) in [6, 6.07) is 9.24. The van der Waals surface area contributed by atoms with Gasteiger partial charge in [-0.2, -0.15) is 5.10 Å². The first-order valence-electron chi connectivity index (χ1n) is 6.20. The molecule has 0 radical (unpaired) electrons. The maximum atomic E-state index is 11.9. The van der Waals surface area contributed by atoms with Crippen LogP contribution in [0.25, 0.3) is 5.69 Å². The number of nitrogens with zero attached hydrogens (tertiary/aromatic N) is 3. The van der Waals surface area contributed by atoms with E-state index in [-0.39, 0.29) is 5.91 Å². The van der Waals surface area contributed by atoms with Crippen LogP contribution in [0.15, 0.2) is 42.7 Å². The lowest BCUT2D eigenvalue weighted by atomic mass is 10.2. The molecular formula is C14H18N4O. The maximum absolute atomic E-state index is 11.9. The van der Waals surface area contributed by atoms with Gasteiger partial charge in [0.25, 0.3) is 5.91 Å². The smallest absolute Gasteiger partial charge is 0.251 e. The number of benzene rings is 1. The third-order valence-electron chi connectivity index (χ3n) is 2.74. The summed E-state index contributed by atoms with van der Waals surface area (Å²) in [5.74, 6) is -0.0473. The molecule has 0 aliphatic rings. The van der Waals surface area contributed by atoms with Gasteiger partial charge >= 0.3 is 0 Å². The molecule has 1 aromatic heterocycles. The number of hydrogen-bond donors (Lipinski definition) is 1. The molecule has 5 heteroatoms. The SMILES string of the molecule is CN(C)CCNC(=O)c1ccc(-n2cccn2)cc1. The highest BCUT2D eigenvalue weighted by atomic mass is 16.1. The molecule has 0 fully saturated rings. The van der Waals surface area contributed by atoms with Crippen molar-refractivity contribution in [3.8, 4) is 5.69 Å². The molecule has 1 amide bonds. The Bertz CT molecular complexity index is 517. The fourth-order valence-electron chi connectivity index (χ4n) is 1.68. The van der Waals surface area contributed by atoms with Gasteiger partial charge in [-0.05, 0) is 44.4 Å². The minimum absolute atomic E-state index is 0.0473. The lowest BCUT2D eigenvalue weighted by molar-refractivity contribution is 0.0951. The highest BCUT2D eigenvalue weighted by molar-refractivity contribution is 5.94. The lowest BCUT2D eigenvalue weighted by Crippen LogP contribution is -2.31. The van der Waals surface area contributed by atoms with E-state index in [0.717, 1.165) is 12.2 Å². The minimum Gasteiger partial charge on any atom is -0.351 e. The summed E-state index contributed by atoms with van der Waals surface area (Å²) in [5, 5.41) is 7.02. The zero-order valence-electron chi connectivity index (χ0n) is 11.2. The Morgan fingerprint density at radius 2 is 2.05 bits per heavy atom. The highest BCUT2D eigenvalue weighted by Crippen LogP contribution is 2.08. The Hall–Kier alpha value is -2.14. The fourth-order valence-corrected chi connectivity index (χ4v) is 1.68. The monoisotopic (exact) mass is 258 g/mol. The normalized spacial score (nSPS) is 10.7. The van der Waals surface area contributed by atoms with Crippen LogP contribution < -0.4 is 5.32 Å². The summed E-state index contributed by atoms with van der Waals surface area (Å²) in [4.78, 5) is 13.9. The van der Waals surface area contributed by atoms with E-state index in [1.165, 1.54) is 0 Å². The largest absolute Gasteiger partial charge is 0.351 e. The van der Waals surface area contributed by atoms with E-state index < -0.39 is 0 Å². The van der Waals surface area contributed by atoms with E-state index in [0.29, 0.717) is 12.1 Å². The van der Waals surface area contributed by atoms with Crippen LogP contribution in [-0.4, -0.2) is 47.8 Å². The van der Waals surface area contributed by atoms with Gasteiger partial charge in [-0.3, -0.25) is 4.79 Å². The topological polar surface area (TPSA) is 50.2 Å². The molecule has 100 valence electrons. The van der Waals surface area contributed by atoms with Crippen molar-refractivity contribution in [2.24, 2.45) is 0 Å². The summed E-state index contributed by atoms with van der Waals surface area (Å²) in [5.41, 5.74) is 1.60. The van der Waals surface area contributed by atoms with Gasteiger partial charge in [0.15, 0.2) is 0 Å². The van der Waals surface area contributed by atoms with Crippen molar-refractivity contribution < 1.29 is 4.79 Å². The van der Waals surface area contributed by atoms with Crippen molar-refractivity contribution in [1.82, 2.24) is 20.0 Å². The maximum Gasteiger partial charge on any atom is 0.251 e. The summed E-state index contributed by atoms with van der Waals surface area (Å²) >= 11 is 0. The molecule has 0 aliphatic heterocycles. The first kappa shape index (κ1) is 13.3. The van der Waals surface area contributed by atoms with E-state index >= 15 is 0 Å². The van der Waals surface area contributed by atoms with Crippen LogP contribution in [0.5, 0.6) is 0 Å². The van der Waals surface area contributed by atoms with Crippen molar-refractivity contribution >= 4 is 5.91 Å². The van der Waals surface area contributed by atoms with Gasteiger partial charge in [0, 0.05) is 31.0 Å². The first-order chi connectivity index (χ1) is 9.16. The molecule has 0 bridgehead atoms. The van der Waals surface area contributed by atoms with E-state index in [1.54, 1.807) is 10.9 Å². The zero-order valence-corrected chi connectivity index (χ0v) is 11.2. The van der Waals surface area contributed by atoms with Crippen LogP contribution in [-0.2, 0) is 0 Å². The third-order valence-corrected chi connectivity index (χ3v) is 2.74. The van der Waals surface area contributed by atoms with Crippen LogP contribution >= 0.6 is 0 Å². The molecule has 0 aliphatic carbocycles. The second kappa shape index (κ2) is 6.15. The zero-order chi connectivity index (χ0) is 13.7. The average molecular weight is 258 g/mol. The van der Waals surface area contributed by atoms with E-state index in [2.05, 4.69) is 10.4 Å². The van der Waals surface area contributed by atoms with Gasteiger partial charge in [-0.15, -0.1) is 0 Å². The van der Waals surface area contributed by atoms with Gasteiger partial charge in [-0.1, -0.05) is 0 Å². The van der Waals surface area contributed by atoms with E-state index in [4.69, 9.17) is 0 Å². The average Bonchev–Trinajstić information content (AvgIpc) is 2.92. The van der Waals surface area contributed by atoms with E-state index in [9.17, 15) is 4.79 Å². The number of aromatic nitrogens is 2. The molecule has 1 N–H and O–H groups in total.